The predicted octanol–water partition coefficient (Wildman–Crippen LogP) is 8.31. The molecule has 1 amide bonds. The van der Waals surface area contributed by atoms with Crippen LogP contribution in [-0.4, -0.2) is 55.1 Å². The minimum Gasteiger partial charge on any atom is -0.333 e. The molecule has 1 unspecified atom stereocenters. The van der Waals surface area contributed by atoms with Crippen molar-refractivity contribution in [1.29, 1.82) is 0 Å². The number of carbonyl (C=O) groups excluding carboxylic acids is 1. The summed E-state index contributed by atoms with van der Waals surface area (Å²) in [6.45, 7) is 11.8. The first-order valence-corrected chi connectivity index (χ1v) is 17.9. The first kappa shape index (κ1) is 38.1. The van der Waals surface area contributed by atoms with Crippen molar-refractivity contribution in [3.05, 3.63) is 111 Å². The maximum Gasteiger partial charge on any atom is 0.416 e. The summed E-state index contributed by atoms with van der Waals surface area (Å²) in [6.07, 6.45) is -2.67. The zero-order chi connectivity index (χ0) is 37.1. The molecule has 0 spiro atoms. The van der Waals surface area contributed by atoms with E-state index in [4.69, 9.17) is 0 Å². The van der Waals surface area contributed by atoms with Crippen molar-refractivity contribution in [1.82, 2.24) is 24.6 Å². The summed E-state index contributed by atoms with van der Waals surface area (Å²) in [6, 6.07) is 15.2. The molecule has 1 fully saturated rings. The summed E-state index contributed by atoms with van der Waals surface area (Å²) in [5.74, 6) is -2.25. The van der Waals surface area contributed by atoms with Gasteiger partial charge >= 0.3 is 6.18 Å². The number of benzene rings is 3. The highest BCUT2D eigenvalue weighted by Crippen LogP contribution is 2.32. The van der Waals surface area contributed by atoms with E-state index in [0.29, 0.717) is 5.56 Å². The maximum absolute atomic E-state index is 14.6. The van der Waals surface area contributed by atoms with E-state index in [1.54, 1.807) is 13.8 Å². The molecule has 13 heteroatoms. The fourth-order valence-corrected chi connectivity index (χ4v) is 7.21. The molecule has 0 saturated carbocycles. The molecule has 0 bridgehead atoms. The van der Waals surface area contributed by atoms with Crippen LogP contribution in [0.4, 0.5) is 22.0 Å². The topological polar surface area (TPSA) is 71.3 Å². The third-order valence-electron chi connectivity index (χ3n) is 9.31. The van der Waals surface area contributed by atoms with E-state index in [-0.39, 0.29) is 52.6 Å². The lowest BCUT2D eigenvalue weighted by Gasteiger charge is -2.44. The van der Waals surface area contributed by atoms with Gasteiger partial charge < -0.3 is 4.90 Å². The lowest BCUT2D eigenvalue weighted by molar-refractivity contribution is -0.139. The molecule has 2 heterocycles. The van der Waals surface area contributed by atoms with Gasteiger partial charge in [-0.15, -0.1) is 0 Å². The van der Waals surface area contributed by atoms with Crippen molar-refractivity contribution < 1.29 is 26.7 Å². The van der Waals surface area contributed by atoms with E-state index in [2.05, 4.69) is 35.8 Å². The van der Waals surface area contributed by atoms with Gasteiger partial charge in [-0.2, -0.15) is 23.3 Å². The monoisotopic (exact) mass is 727 g/mol. The highest BCUT2D eigenvalue weighted by atomic mass is 32.2. The Hall–Kier alpha value is -4.10. The second-order valence-electron chi connectivity index (χ2n) is 13.7. The van der Waals surface area contributed by atoms with Crippen molar-refractivity contribution in [2.45, 2.75) is 95.1 Å². The molecule has 272 valence electrons. The zero-order valence-corrected chi connectivity index (χ0v) is 30.1. The van der Waals surface area contributed by atoms with Crippen molar-refractivity contribution >= 4 is 17.7 Å². The van der Waals surface area contributed by atoms with E-state index in [1.165, 1.54) is 28.9 Å². The van der Waals surface area contributed by atoms with Crippen LogP contribution >= 0.6 is 11.8 Å². The largest absolute Gasteiger partial charge is 0.416 e. The average Bonchev–Trinajstić information content (AvgIpc) is 3.10. The van der Waals surface area contributed by atoms with Gasteiger partial charge in [-0.1, -0.05) is 67.2 Å². The number of hydrogen-bond acceptors (Lipinski definition) is 6. The van der Waals surface area contributed by atoms with E-state index in [0.717, 1.165) is 67.0 Å². The normalized spacial score (nSPS) is 15.2. The van der Waals surface area contributed by atoms with E-state index in [9.17, 15) is 31.5 Å². The van der Waals surface area contributed by atoms with Gasteiger partial charge in [0.1, 0.15) is 11.7 Å². The number of piperidine rings is 1. The van der Waals surface area contributed by atoms with Crippen molar-refractivity contribution in [2.24, 2.45) is 0 Å². The highest BCUT2D eigenvalue weighted by molar-refractivity contribution is 7.98. The second-order valence-corrected chi connectivity index (χ2v) is 14.7. The number of likely N-dealkylation sites (tertiary alicyclic amines) is 1. The maximum atomic E-state index is 14.6. The fraction of sp³-hybridized carbons (Fsp3) is 0.421. The average molecular weight is 728 g/mol. The van der Waals surface area contributed by atoms with Crippen LogP contribution in [0.1, 0.15) is 75.9 Å². The second kappa shape index (κ2) is 15.6. The van der Waals surface area contributed by atoms with Gasteiger partial charge in [0.2, 0.25) is 5.91 Å². The predicted molar refractivity (Wildman–Crippen MR) is 188 cm³/mol. The van der Waals surface area contributed by atoms with Crippen LogP contribution in [-0.2, 0) is 29.7 Å². The Bertz CT molecular complexity index is 1880. The summed E-state index contributed by atoms with van der Waals surface area (Å²) >= 11 is 1.00. The smallest absolute Gasteiger partial charge is 0.333 e. The molecule has 0 N–H and O–H groups in total. The molecule has 1 aliphatic rings. The molecule has 51 heavy (non-hydrogen) atoms. The Labute approximate surface area is 298 Å². The zero-order valence-electron chi connectivity index (χ0n) is 29.3. The lowest BCUT2D eigenvalue weighted by Crippen LogP contribution is -2.53. The first-order valence-electron chi connectivity index (χ1n) is 16.9. The molecule has 1 saturated heterocycles. The summed E-state index contributed by atoms with van der Waals surface area (Å²) in [5, 5.41) is 4.65. The Kier molecular flexibility index (Phi) is 11.7. The number of rotatable bonds is 10. The Balaban J connectivity index is 1.44. The number of aromatic nitrogens is 3. The number of carbonyl (C=O) groups is 1. The van der Waals surface area contributed by atoms with Crippen LogP contribution < -0.4 is 5.56 Å². The summed E-state index contributed by atoms with van der Waals surface area (Å²) in [5.41, 5.74) is 1.19. The fourth-order valence-electron chi connectivity index (χ4n) is 6.22. The van der Waals surface area contributed by atoms with Crippen molar-refractivity contribution in [3.8, 4) is 11.1 Å². The number of aryl methyl sites for hydroxylation is 1. The molecule has 4 aromatic rings. The van der Waals surface area contributed by atoms with Crippen LogP contribution in [0, 0.1) is 11.6 Å². The van der Waals surface area contributed by atoms with Crippen LogP contribution in [0.2, 0.25) is 0 Å². The van der Waals surface area contributed by atoms with Gasteiger partial charge in [0.25, 0.3) is 5.56 Å². The van der Waals surface area contributed by atoms with E-state index < -0.39 is 35.0 Å². The van der Waals surface area contributed by atoms with Gasteiger partial charge in [0, 0.05) is 42.5 Å². The van der Waals surface area contributed by atoms with Gasteiger partial charge in [-0.25, -0.2) is 13.5 Å². The van der Waals surface area contributed by atoms with Gasteiger partial charge in [-0.3, -0.25) is 14.5 Å². The number of thioether (sulfide) groups is 1. The number of hydrogen-bond donors (Lipinski definition) is 0. The lowest BCUT2D eigenvalue weighted by atomic mass is 9.96. The molecule has 7 nitrogen and oxygen atoms in total. The minimum absolute atomic E-state index is 0.0312. The molecule has 3 aromatic carbocycles. The number of halogens is 5. The van der Waals surface area contributed by atoms with Gasteiger partial charge in [-0.05, 0) is 81.8 Å². The SMILES string of the molecule is CCc1nn(C(C)C(=O)N(Cc2ccc(-c3ccc(C(F)(F)F)cc3)cc2)C2CCN(C(C)(C)C)CC2)c(SCc2cccc(F)c2F)nc1=O. The molecule has 0 aliphatic carbocycles. The molecule has 5 rings (SSSR count). The first-order chi connectivity index (χ1) is 24.1. The Morgan fingerprint density at radius 1 is 0.961 bits per heavy atom. The van der Waals surface area contributed by atoms with Gasteiger partial charge in [0.15, 0.2) is 16.8 Å². The number of amides is 1. The summed E-state index contributed by atoms with van der Waals surface area (Å²) in [4.78, 5) is 35.8. The third kappa shape index (κ3) is 9.04. The van der Waals surface area contributed by atoms with Crippen molar-refractivity contribution in [2.75, 3.05) is 13.1 Å². The molecule has 1 aliphatic heterocycles. The van der Waals surface area contributed by atoms with E-state index in [1.807, 2.05) is 29.2 Å². The van der Waals surface area contributed by atoms with Crippen LogP contribution in [0.15, 0.2) is 76.7 Å². The van der Waals surface area contributed by atoms with Gasteiger partial charge in [0.05, 0.1) is 5.56 Å². The number of alkyl halides is 3. The summed E-state index contributed by atoms with van der Waals surface area (Å²) < 4.78 is 69.1. The quantitative estimate of drug-likeness (QED) is 0.121. The van der Waals surface area contributed by atoms with Crippen molar-refractivity contribution in [3.63, 3.8) is 0 Å². The standard InChI is InChI=1S/C38H42F5N5O2S/c1-6-32-34(49)44-36(51-23-28-8-7-9-31(39)33(28)40)48(45-32)24(2)35(50)47(30-18-20-46(21-19-30)37(3,4)5)22-25-10-12-26(13-11-25)27-14-16-29(17-15-27)38(41,42)43/h7-17,24,30H,6,18-23H2,1-5H3. The molecule has 1 atom stereocenters. The van der Waals surface area contributed by atoms with Crippen LogP contribution in [0.25, 0.3) is 11.1 Å². The molecular weight excluding hydrogens is 686 g/mol. The van der Waals surface area contributed by atoms with Crippen LogP contribution in [0.5, 0.6) is 0 Å². The third-order valence-corrected chi connectivity index (χ3v) is 10.3. The molecule has 0 radical (unpaired) electrons. The molecular formula is C38H42F5N5O2S. The summed E-state index contributed by atoms with van der Waals surface area (Å²) in [7, 11) is 0. The Morgan fingerprint density at radius 2 is 1.57 bits per heavy atom. The van der Waals surface area contributed by atoms with Crippen LogP contribution in [0.3, 0.4) is 0 Å². The Morgan fingerprint density at radius 3 is 2.14 bits per heavy atom. The number of nitrogens with zero attached hydrogens (tertiary/aromatic N) is 5. The molecule has 1 aromatic heterocycles. The van der Waals surface area contributed by atoms with E-state index >= 15 is 0 Å². The minimum atomic E-state index is -4.42. The highest BCUT2D eigenvalue weighted by Gasteiger charge is 2.35.